The van der Waals surface area contributed by atoms with E-state index in [2.05, 4.69) is 11.4 Å². The van der Waals surface area contributed by atoms with Crippen molar-refractivity contribution < 1.29 is 9.59 Å². The predicted molar refractivity (Wildman–Crippen MR) is 117 cm³/mol. The molecule has 0 aromatic heterocycles. The molecular formula is C22H29ClN4O2. The number of benzene rings is 2. The standard InChI is InChI=1S/C22H28N4O2.ClH/c23-12-6-13-25(16-18-7-2-1-3-8-18)21(27)15-24-22(28)26-14-11-19-9-4-5-10-20(19)17-26;/h1-5,7-10H,6,11-17,23H2,(H,24,28);1H. The Hall–Kier alpha value is -2.57. The fraction of sp³-hybridized carbons (Fsp3) is 0.364. The minimum atomic E-state index is -0.193. The normalized spacial score (nSPS) is 12.5. The number of urea groups is 1. The molecule has 0 radical (unpaired) electrons. The lowest BCUT2D eigenvalue weighted by Crippen LogP contribution is -2.47. The molecule has 29 heavy (non-hydrogen) atoms. The lowest BCUT2D eigenvalue weighted by atomic mass is 10.0. The molecule has 2 aromatic rings. The second kappa shape index (κ2) is 11.4. The average molecular weight is 417 g/mol. The number of nitrogens with two attached hydrogens (primary N) is 1. The van der Waals surface area contributed by atoms with E-state index in [1.165, 1.54) is 11.1 Å². The van der Waals surface area contributed by atoms with Crippen LogP contribution in [0, 0.1) is 0 Å². The van der Waals surface area contributed by atoms with Gasteiger partial charge in [0.25, 0.3) is 0 Å². The van der Waals surface area contributed by atoms with Crippen LogP contribution in [0.1, 0.15) is 23.1 Å². The summed E-state index contributed by atoms with van der Waals surface area (Å²) < 4.78 is 0. The van der Waals surface area contributed by atoms with Crippen LogP contribution in [0.3, 0.4) is 0 Å². The number of carbonyl (C=O) groups is 2. The van der Waals surface area contributed by atoms with Crippen LogP contribution < -0.4 is 11.1 Å². The van der Waals surface area contributed by atoms with Crippen molar-refractivity contribution in [2.45, 2.75) is 25.9 Å². The van der Waals surface area contributed by atoms with Crippen LogP contribution >= 0.6 is 12.4 Å². The first-order chi connectivity index (χ1) is 13.7. The zero-order chi connectivity index (χ0) is 19.8. The average Bonchev–Trinajstić information content (AvgIpc) is 2.75. The van der Waals surface area contributed by atoms with Crippen molar-refractivity contribution in [2.75, 3.05) is 26.2 Å². The molecule has 1 heterocycles. The maximum absolute atomic E-state index is 12.7. The first-order valence-corrected chi connectivity index (χ1v) is 9.78. The molecule has 6 nitrogen and oxygen atoms in total. The zero-order valence-electron chi connectivity index (χ0n) is 16.5. The summed E-state index contributed by atoms with van der Waals surface area (Å²) in [6.07, 6.45) is 1.57. The van der Waals surface area contributed by atoms with Crippen LogP contribution in [-0.2, 0) is 24.3 Å². The number of carbonyl (C=O) groups excluding carboxylic acids is 2. The second-order valence-electron chi connectivity index (χ2n) is 7.04. The van der Waals surface area contributed by atoms with Gasteiger partial charge in [-0.25, -0.2) is 4.79 Å². The van der Waals surface area contributed by atoms with Gasteiger partial charge in [0.2, 0.25) is 5.91 Å². The molecule has 3 rings (SSSR count). The van der Waals surface area contributed by atoms with Gasteiger partial charge in [0.1, 0.15) is 0 Å². The van der Waals surface area contributed by atoms with Gasteiger partial charge in [0.05, 0.1) is 6.54 Å². The predicted octanol–water partition coefficient (Wildman–Crippen LogP) is 2.55. The summed E-state index contributed by atoms with van der Waals surface area (Å²) in [4.78, 5) is 28.7. The molecule has 156 valence electrons. The first-order valence-electron chi connectivity index (χ1n) is 9.78. The zero-order valence-corrected chi connectivity index (χ0v) is 17.4. The molecule has 3 N–H and O–H groups in total. The van der Waals surface area contributed by atoms with E-state index in [1.807, 2.05) is 48.5 Å². The summed E-state index contributed by atoms with van der Waals surface area (Å²) >= 11 is 0. The van der Waals surface area contributed by atoms with Crippen LogP contribution in [0.25, 0.3) is 0 Å². The number of nitrogens with one attached hydrogen (secondary N) is 1. The highest BCUT2D eigenvalue weighted by atomic mass is 35.5. The topological polar surface area (TPSA) is 78.7 Å². The molecule has 0 unspecified atom stereocenters. The molecule has 0 saturated carbocycles. The van der Waals surface area contributed by atoms with E-state index in [0.29, 0.717) is 32.7 Å². The molecule has 0 aliphatic carbocycles. The Bertz CT molecular complexity index is 800. The van der Waals surface area contributed by atoms with E-state index in [1.54, 1.807) is 9.80 Å². The minimum absolute atomic E-state index is 0. The van der Waals surface area contributed by atoms with Crippen LogP contribution in [0.5, 0.6) is 0 Å². The molecule has 0 saturated heterocycles. The summed E-state index contributed by atoms with van der Waals surface area (Å²) in [5, 5.41) is 2.79. The van der Waals surface area contributed by atoms with E-state index in [4.69, 9.17) is 5.73 Å². The lowest BCUT2D eigenvalue weighted by molar-refractivity contribution is -0.130. The van der Waals surface area contributed by atoms with Crippen molar-refractivity contribution in [2.24, 2.45) is 5.73 Å². The van der Waals surface area contributed by atoms with Crippen LogP contribution in [-0.4, -0.2) is 47.9 Å². The minimum Gasteiger partial charge on any atom is -0.337 e. The smallest absolute Gasteiger partial charge is 0.318 e. The quantitative estimate of drug-likeness (QED) is 0.728. The lowest BCUT2D eigenvalue weighted by Gasteiger charge is -2.29. The van der Waals surface area contributed by atoms with Crippen LogP contribution in [0.15, 0.2) is 54.6 Å². The van der Waals surface area contributed by atoms with Gasteiger partial charge in [0.15, 0.2) is 0 Å². The number of rotatable bonds is 7. The Labute approximate surface area is 178 Å². The fourth-order valence-electron chi connectivity index (χ4n) is 3.42. The van der Waals surface area contributed by atoms with Crippen molar-refractivity contribution in [3.63, 3.8) is 0 Å². The van der Waals surface area contributed by atoms with Gasteiger partial charge in [-0.2, -0.15) is 0 Å². The van der Waals surface area contributed by atoms with E-state index in [-0.39, 0.29) is 30.9 Å². The summed E-state index contributed by atoms with van der Waals surface area (Å²) in [7, 11) is 0. The first kappa shape index (κ1) is 22.7. The third-order valence-corrected chi connectivity index (χ3v) is 5.01. The van der Waals surface area contributed by atoms with Gasteiger partial charge >= 0.3 is 6.03 Å². The summed E-state index contributed by atoms with van der Waals surface area (Å²) in [6, 6.07) is 17.8. The largest absolute Gasteiger partial charge is 0.337 e. The Morgan fingerprint density at radius 2 is 1.72 bits per heavy atom. The SMILES string of the molecule is Cl.NCCCN(Cc1ccccc1)C(=O)CNC(=O)N1CCc2ccccc2C1. The molecule has 0 atom stereocenters. The molecule has 7 heteroatoms. The van der Waals surface area contributed by atoms with Gasteiger partial charge in [0, 0.05) is 26.2 Å². The maximum Gasteiger partial charge on any atom is 0.318 e. The molecule has 1 aliphatic rings. The molecule has 0 spiro atoms. The summed E-state index contributed by atoms with van der Waals surface area (Å²) in [5.74, 6) is -0.0944. The molecule has 0 bridgehead atoms. The van der Waals surface area contributed by atoms with E-state index < -0.39 is 0 Å². The number of nitrogens with zero attached hydrogens (tertiary/aromatic N) is 2. The maximum atomic E-state index is 12.7. The fourth-order valence-corrected chi connectivity index (χ4v) is 3.42. The van der Waals surface area contributed by atoms with Crippen molar-refractivity contribution in [1.82, 2.24) is 15.1 Å². The van der Waals surface area contributed by atoms with Crippen molar-refractivity contribution in [3.8, 4) is 0 Å². The number of hydrogen-bond acceptors (Lipinski definition) is 3. The number of amides is 3. The molecule has 0 fully saturated rings. The molecule has 1 aliphatic heterocycles. The van der Waals surface area contributed by atoms with Gasteiger partial charge in [-0.15, -0.1) is 12.4 Å². The highest BCUT2D eigenvalue weighted by molar-refractivity contribution is 5.85. The van der Waals surface area contributed by atoms with Gasteiger partial charge in [-0.05, 0) is 36.1 Å². The summed E-state index contributed by atoms with van der Waals surface area (Å²) in [6.45, 7) is 2.87. The highest BCUT2D eigenvalue weighted by Gasteiger charge is 2.21. The third-order valence-electron chi connectivity index (χ3n) is 5.01. The van der Waals surface area contributed by atoms with Crippen LogP contribution in [0.2, 0.25) is 0 Å². The van der Waals surface area contributed by atoms with Crippen molar-refractivity contribution in [3.05, 3.63) is 71.3 Å². The van der Waals surface area contributed by atoms with Gasteiger partial charge in [-0.3, -0.25) is 4.79 Å². The Kier molecular flexibility index (Phi) is 8.96. The Morgan fingerprint density at radius 1 is 1.03 bits per heavy atom. The summed E-state index contributed by atoms with van der Waals surface area (Å²) in [5.41, 5.74) is 9.14. The van der Waals surface area contributed by atoms with Crippen molar-refractivity contribution >= 4 is 24.3 Å². The Balaban J connectivity index is 0.00000300. The number of fused-ring (bicyclic) bond motifs is 1. The monoisotopic (exact) mass is 416 g/mol. The molecule has 2 aromatic carbocycles. The van der Waals surface area contributed by atoms with Gasteiger partial charge < -0.3 is 20.9 Å². The molecular weight excluding hydrogens is 388 g/mol. The van der Waals surface area contributed by atoms with E-state index in [9.17, 15) is 9.59 Å². The third kappa shape index (κ3) is 6.48. The highest BCUT2D eigenvalue weighted by Crippen LogP contribution is 2.18. The van der Waals surface area contributed by atoms with Gasteiger partial charge in [-0.1, -0.05) is 54.6 Å². The van der Waals surface area contributed by atoms with E-state index in [0.717, 1.165) is 18.4 Å². The van der Waals surface area contributed by atoms with Crippen LogP contribution in [0.4, 0.5) is 4.79 Å². The number of hydrogen-bond donors (Lipinski definition) is 2. The van der Waals surface area contributed by atoms with Crippen molar-refractivity contribution in [1.29, 1.82) is 0 Å². The van der Waals surface area contributed by atoms with E-state index >= 15 is 0 Å². The Morgan fingerprint density at radius 3 is 2.45 bits per heavy atom. The second-order valence-corrected chi connectivity index (χ2v) is 7.04. The number of halogens is 1. The molecule has 3 amide bonds.